The van der Waals surface area contributed by atoms with Crippen LogP contribution in [0, 0.1) is 0 Å². The monoisotopic (exact) mass is 228 g/mol. The Balaban J connectivity index is 2.67. The van der Waals surface area contributed by atoms with Crippen molar-refractivity contribution in [2.75, 3.05) is 20.2 Å². The van der Waals surface area contributed by atoms with Crippen LogP contribution < -0.4 is 5.32 Å². The Hall–Kier alpha value is -1.59. The van der Waals surface area contributed by atoms with Crippen LogP contribution in [0.15, 0.2) is 0 Å². The van der Waals surface area contributed by atoms with Gasteiger partial charge in [0.2, 0.25) is 5.91 Å². The van der Waals surface area contributed by atoms with Crippen molar-refractivity contribution in [2.24, 2.45) is 0 Å². The number of amides is 2. The molecule has 0 aromatic heterocycles. The zero-order valence-electron chi connectivity index (χ0n) is 9.49. The summed E-state index contributed by atoms with van der Waals surface area (Å²) in [5.41, 5.74) is 0. The first kappa shape index (κ1) is 12.5. The van der Waals surface area contributed by atoms with Crippen LogP contribution in [0.4, 0.5) is 0 Å². The van der Waals surface area contributed by atoms with Crippen LogP contribution in [0.3, 0.4) is 0 Å². The van der Waals surface area contributed by atoms with Gasteiger partial charge < -0.3 is 15.0 Å². The molecule has 1 N–H and O–H groups in total. The number of carbonyl (C=O) groups excluding carboxylic acids is 3. The Kier molecular flexibility index (Phi) is 4.28. The van der Waals surface area contributed by atoms with Crippen molar-refractivity contribution in [3.63, 3.8) is 0 Å². The maximum atomic E-state index is 11.6. The average molecular weight is 228 g/mol. The molecule has 1 saturated heterocycles. The summed E-state index contributed by atoms with van der Waals surface area (Å²) in [4.78, 5) is 35.6. The molecule has 0 aliphatic carbocycles. The molecular formula is C10H16N2O4. The SMILES string of the molecule is CCOC(=O)C(=O)N1CCCC1C(=O)NC. The fraction of sp³-hybridized carbons (Fsp3) is 0.700. The summed E-state index contributed by atoms with van der Waals surface area (Å²) in [5.74, 6) is -1.86. The second kappa shape index (κ2) is 5.48. The molecule has 0 aromatic carbocycles. The topological polar surface area (TPSA) is 75.7 Å². The van der Waals surface area contributed by atoms with Gasteiger partial charge in [-0.2, -0.15) is 0 Å². The van der Waals surface area contributed by atoms with Crippen LogP contribution in [-0.2, 0) is 19.1 Å². The average Bonchev–Trinajstić information content (AvgIpc) is 2.76. The van der Waals surface area contributed by atoms with Gasteiger partial charge in [-0.3, -0.25) is 9.59 Å². The number of rotatable bonds is 2. The number of likely N-dealkylation sites (tertiary alicyclic amines) is 1. The van der Waals surface area contributed by atoms with Crippen LogP contribution >= 0.6 is 0 Å². The van der Waals surface area contributed by atoms with Crippen molar-refractivity contribution in [3.05, 3.63) is 0 Å². The highest BCUT2D eigenvalue weighted by Gasteiger charge is 2.36. The van der Waals surface area contributed by atoms with Crippen LogP contribution in [-0.4, -0.2) is 48.9 Å². The Morgan fingerprint density at radius 1 is 1.44 bits per heavy atom. The minimum Gasteiger partial charge on any atom is -0.459 e. The van der Waals surface area contributed by atoms with Gasteiger partial charge in [-0.25, -0.2) is 4.79 Å². The van der Waals surface area contributed by atoms with E-state index in [-0.39, 0.29) is 12.5 Å². The highest BCUT2D eigenvalue weighted by atomic mass is 16.5. The van der Waals surface area contributed by atoms with E-state index >= 15 is 0 Å². The molecule has 1 fully saturated rings. The Labute approximate surface area is 93.9 Å². The zero-order chi connectivity index (χ0) is 12.1. The number of hydrogen-bond acceptors (Lipinski definition) is 4. The molecule has 0 radical (unpaired) electrons. The van der Waals surface area contributed by atoms with Crippen molar-refractivity contribution in [2.45, 2.75) is 25.8 Å². The van der Waals surface area contributed by atoms with Crippen LogP contribution in [0.5, 0.6) is 0 Å². The van der Waals surface area contributed by atoms with E-state index in [0.29, 0.717) is 13.0 Å². The lowest BCUT2D eigenvalue weighted by Crippen LogP contribution is -2.47. The third kappa shape index (κ3) is 2.50. The lowest BCUT2D eigenvalue weighted by atomic mass is 10.2. The second-order valence-electron chi connectivity index (χ2n) is 3.49. The quantitative estimate of drug-likeness (QED) is 0.500. The molecule has 0 saturated carbocycles. The number of likely N-dealkylation sites (N-methyl/N-ethyl adjacent to an activating group) is 1. The third-order valence-electron chi connectivity index (χ3n) is 2.51. The molecule has 0 bridgehead atoms. The van der Waals surface area contributed by atoms with E-state index in [1.165, 1.54) is 11.9 Å². The first-order valence-electron chi connectivity index (χ1n) is 5.31. The Morgan fingerprint density at radius 2 is 2.12 bits per heavy atom. The largest absolute Gasteiger partial charge is 0.459 e. The molecule has 1 aliphatic rings. The number of hydrogen-bond donors (Lipinski definition) is 1. The molecule has 2 amide bonds. The Bertz CT molecular complexity index is 303. The molecule has 16 heavy (non-hydrogen) atoms. The van der Waals surface area contributed by atoms with Crippen LogP contribution in [0.25, 0.3) is 0 Å². The van der Waals surface area contributed by atoms with E-state index < -0.39 is 17.9 Å². The summed E-state index contributed by atoms with van der Waals surface area (Å²) in [5, 5.41) is 2.48. The first-order chi connectivity index (χ1) is 7.61. The molecule has 0 aromatic rings. The van der Waals surface area contributed by atoms with Crippen molar-refractivity contribution in [3.8, 4) is 0 Å². The summed E-state index contributed by atoms with van der Waals surface area (Å²) in [6, 6.07) is -0.540. The van der Waals surface area contributed by atoms with Gasteiger partial charge >= 0.3 is 11.9 Å². The maximum absolute atomic E-state index is 11.6. The zero-order valence-corrected chi connectivity index (χ0v) is 9.49. The van der Waals surface area contributed by atoms with Crippen molar-refractivity contribution in [1.82, 2.24) is 10.2 Å². The van der Waals surface area contributed by atoms with Gasteiger partial charge in [0.05, 0.1) is 6.61 Å². The summed E-state index contributed by atoms with van der Waals surface area (Å²) in [6.07, 6.45) is 1.31. The first-order valence-corrected chi connectivity index (χ1v) is 5.31. The van der Waals surface area contributed by atoms with Gasteiger partial charge in [0, 0.05) is 13.6 Å². The predicted octanol–water partition coefficient (Wildman–Crippen LogP) is -0.713. The van der Waals surface area contributed by atoms with Crippen molar-refractivity contribution in [1.29, 1.82) is 0 Å². The predicted molar refractivity (Wildman–Crippen MR) is 55.4 cm³/mol. The number of carbonyl (C=O) groups is 3. The van der Waals surface area contributed by atoms with Crippen LogP contribution in [0.1, 0.15) is 19.8 Å². The molecule has 1 unspecified atom stereocenters. The van der Waals surface area contributed by atoms with E-state index in [0.717, 1.165) is 6.42 Å². The van der Waals surface area contributed by atoms with Gasteiger partial charge in [0.1, 0.15) is 6.04 Å². The van der Waals surface area contributed by atoms with E-state index in [2.05, 4.69) is 10.1 Å². The minimum atomic E-state index is -0.890. The summed E-state index contributed by atoms with van der Waals surface area (Å²) in [6.45, 7) is 2.21. The molecule has 1 rings (SSSR count). The normalized spacial score (nSPS) is 19.4. The van der Waals surface area contributed by atoms with Gasteiger partial charge in [-0.05, 0) is 19.8 Å². The molecule has 0 spiro atoms. The van der Waals surface area contributed by atoms with Gasteiger partial charge in [-0.15, -0.1) is 0 Å². The second-order valence-corrected chi connectivity index (χ2v) is 3.49. The molecule has 1 aliphatic heterocycles. The fourth-order valence-electron chi connectivity index (χ4n) is 1.76. The number of nitrogens with one attached hydrogen (secondary N) is 1. The van der Waals surface area contributed by atoms with Gasteiger partial charge in [0.15, 0.2) is 0 Å². The van der Waals surface area contributed by atoms with E-state index in [1.807, 2.05) is 0 Å². The van der Waals surface area contributed by atoms with Gasteiger partial charge in [-0.1, -0.05) is 0 Å². The maximum Gasteiger partial charge on any atom is 0.397 e. The van der Waals surface area contributed by atoms with E-state index in [1.54, 1.807) is 6.92 Å². The molecule has 1 atom stereocenters. The molecule has 1 heterocycles. The number of esters is 1. The standard InChI is InChI=1S/C10H16N2O4/c1-3-16-10(15)9(14)12-6-4-5-7(12)8(13)11-2/h7H,3-6H2,1-2H3,(H,11,13). The highest BCUT2D eigenvalue weighted by molar-refractivity contribution is 6.32. The number of ether oxygens (including phenoxy) is 1. The lowest BCUT2D eigenvalue weighted by molar-refractivity contribution is -0.161. The molecule has 90 valence electrons. The van der Waals surface area contributed by atoms with E-state index in [4.69, 9.17) is 0 Å². The van der Waals surface area contributed by atoms with Crippen molar-refractivity contribution < 1.29 is 19.1 Å². The minimum absolute atomic E-state index is 0.156. The fourth-order valence-corrected chi connectivity index (χ4v) is 1.76. The lowest BCUT2D eigenvalue weighted by Gasteiger charge is -2.21. The smallest absolute Gasteiger partial charge is 0.397 e. The molecular weight excluding hydrogens is 212 g/mol. The number of nitrogens with zero attached hydrogens (tertiary/aromatic N) is 1. The summed E-state index contributed by atoms with van der Waals surface area (Å²) in [7, 11) is 1.51. The Morgan fingerprint density at radius 3 is 2.69 bits per heavy atom. The third-order valence-corrected chi connectivity index (χ3v) is 2.51. The molecule has 6 heteroatoms. The van der Waals surface area contributed by atoms with E-state index in [9.17, 15) is 14.4 Å². The summed E-state index contributed by atoms with van der Waals surface area (Å²) >= 11 is 0. The molecule has 6 nitrogen and oxygen atoms in total. The highest BCUT2D eigenvalue weighted by Crippen LogP contribution is 2.17. The summed E-state index contributed by atoms with van der Waals surface area (Å²) < 4.78 is 4.62. The van der Waals surface area contributed by atoms with Crippen LogP contribution in [0.2, 0.25) is 0 Å². The van der Waals surface area contributed by atoms with Crippen molar-refractivity contribution >= 4 is 17.8 Å². The van der Waals surface area contributed by atoms with Gasteiger partial charge in [0.25, 0.3) is 0 Å².